The molecule has 0 bridgehead atoms. The summed E-state index contributed by atoms with van der Waals surface area (Å²) >= 11 is 0. The number of nitrogens with zero attached hydrogens (tertiary/aromatic N) is 3. The lowest BCUT2D eigenvalue weighted by atomic mass is 10.0. The third kappa shape index (κ3) is 4.90. The van der Waals surface area contributed by atoms with Crippen LogP contribution in [0.4, 0.5) is 0 Å². The first kappa shape index (κ1) is 19.9. The Kier molecular flexibility index (Phi) is 6.67. The Morgan fingerprint density at radius 2 is 1.71 bits per heavy atom. The van der Waals surface area contributed by atoms with E-state index in [2.05, 4.69) is 11.0 Å². The van der Waals surface area contributed by atoms with E-state index in [4.69, 9.17) is 4.74 Å². The molecule has 1 fully saturated rings. The van der Waals surface area contributed by atoms with Crippen molar-refractivity contribution in [2.75, 3.05) is 33.3 Å². The molecule has 5 nitrogen and oxygen atoms in total. The van der Waals surface area contributed by atoms with Crippen molar-refractivity contribution in [3.63, 3.8) is 0 Å². The highest BCUT2D eigenvalue weighted by Gasteiger charge is 2.26. The van der Waals surface area contributed by atoms with Gasteiger partial charge in [-0.25, -0.2) is 0 Å². The molecule has 0 N–H and O–H groups in total. The molecule has 1 aliphatic heterocycles. The molecule has 1 atom stereocenters. The molecule has 0 saturated carbocycles. The van der Waals surface area contributed by atoms with Crippen LogP contribution in [0.2, 0.25) is 0 Å². The van der Waals surface area contributed by atoms with Crippen molar-refractivity contribution in [2.45, 2.75) is 25.8 Å². The number of hydrogen-bond donors (Lipinski definition) is 0. The number of amides is 1. The Hall–Kier alpha value is -2.84. The fraction of sp³-hybridized carbons (Fsp3) is 0.391. The number of carbonyl (C=O) groups is 1. The Balaban J connectivity index is 1.50. The van der Waals surface area contributed by atoms with E-state index in [1.807, 2.05) is 60.4 Å². The maximum atomic E-state index is 12.6. The van der Waals surface area contributed by atoms with E-state index in [1.165, 1.54) is 5.56 Å². The summed E-state index contributed by atoms with van der Waals surface area (Å²) in [7, 11) is 1.65. The normalized spacial score (nSPS) is 15.7. The average Bonchev–Trinajstić information content (AvgIpc) is 2.74. The van der Waals surface area contributed by atoms with Crippen LogP contribution in [0, 0.1) is 18.3 Å². The first-order valence-electron chi connectivity index (χ1n) is 9.71. The van der Waals surface area contributed by atoms with Crippen molar-refractivity contribution < 1.29 is 9.53 Å². The molecule has 2 aromatic rings. The highest BCUT2D eigenvalue weighted by atomic mass is 16.5. The summed E-state index contributed by atoms with van der Waals surface area (Å²) in [6.45, 7) is 4.83. The summed E-state index contributed by atoms with van der Waals surface area (Å²) in [6.07, 6.45) is 1.24. The van der Waals surface area contributed by atoms with E-state index in [0.29, 0.717) is 19.5 Å². The third-order valence-electron chi connectivity index (χ3n) is 5.33. The second kappa shape index (κ2) is 9.38. The monoisotopic (exact) mass is 377 g/mol. The van der Waals surface area contributed by atoms with Crippen LogP contribution >= 0.6 is 0 Å². The predicted molar refractivity (Wildman–Crippen MR) is 109 cm³/mol. The molecule has 1 heterocycles. The van der Waals surface area contributed by atoms with Crippen LogP contribution in [0.3, 0.4) is 0 Å². The number of rotatable bonds is 6. The Morgan fingerprint density at radius 3 is 2.29 bits per heavy atom. The maximum absolute atomic E-state index is 12.6. The SMILES string of the molecule is COc1ccc(CCC(=O)N2CCN(C(C#N)c3ccc(C)cc3)CC2)cc1. The fourth-order valence-corrected chi connectivity index (χ4v) is 3.55. The van der Waals surface area contributed by atoms with Crippen molar-refractivity contribution >= 4 is 5.91 Å². The second-order valence-electron chi connectivity index (χ2n) is 7.21. The van der Waals surface area contributed by atoms with E-state index in [0.717, 1.165) is 36.4 Å². The Labute approximate surface area is 167 Å². The molecule has 1 saturated heterocycles. The Morgan fingerprint density at radius 1 is 1.07 bits per heavy atom. The van der Waals surface area contributed by atoms with Gasteiger partial charge in [-0.1, -0.05) is 42.0 Å². The molecule has 1 amide bonds. The van der Waals surface area contributed by atoms with Gasteiger partial charge in [0.25, 0.3) is 0 Å². The number of hydrogen-bond acceptors (Lipinski definition) is 4. The van der Waals surface area contributed by atoms with Gasteiger partial charge in [0, 0.05) is 32.6 Å². The first-order chi connectivity index (χ1) is 13.6. The number of piperazine rings is 1. The molecular formula is C23H27N3O2. The van der Waals surface area contributed by atoms with Gasteiger partial charge in [0.15, 0.2) is 0 Å². The minimum atomic E-state index is -0.253. The fourth-order valence-electron chi connectivity index (χ4n) is 3.55. The highest BCUT2D eigenvalue weighted by molar-refractivity contribution is 5.76. The van der Waals surface area contributed by atoms with E-state index in [1.54, 1.807) is 7.11 Å². The van der Waals surface area contributed by atoms with Crippen LogP contribution in [0.1, 0.15) is 29.2 Å². The number of carbonyl (C=O) groups excluding carboxylic acids is 1. The summed E-state index contributed by atoms with van der Waals surface area (Å²) in [5.74, 6) is 1.01. The molecule has 0 aromatic heterocycles. The highest BCUT2D eigenvalue weighted by Crippen LogP contribution is 2.22. The van der Waals surface area contributed by atoms with Crippen molar-refractivity contribution in [3.8, 4) is 11.8 Å². The molecule has 0 radical (unpaired) electrons. The number of aryl methyl sites for hydroxylation is 2. The smallest absolute Gasteiger partial charge is 0.222 e. The summed E-state index contributed by atoms with van der Waals surface area (Å²) in [5.41, 5.74) is 3.34. The lowest BCUT2D eigenvalue weighted by Gasteiger charge is -2.37. The van der Waals surface area contributed by atoms with E-state index < -0.39 is 0 Å². The summed E-state index contributed by atoms with van der Waals surface area (Å²) in [4.78, 5) is 16.7. The molecule has 3 rings (SSSR count). The molecule has 0 aliphatic carbocycles. The molecule has 0 spiro atoms. The second-order valence-corrected chi connectivity index (χ2v) is 7.21. The van der Waals surface area contributed by atoms with Crippen LogP contribution in [-0.2, 0) is 11.2 Å². The van der Waals surface area contributed by atoms with Gasteiger partial charge in [0.05, 0.1) is 13.2 Å². The minimum Gasteiger partial charge on any atom is -0.497 e. The average molecular weight is 377 g/mol. The number of benzene rings is 2. The minimum absolute atomic E-state index is 0.180. The standard InChI is InChI=1S/C23H27N3O2/c1-18-3-8-20(9-4-18)22(17-24)25-13-15-26(16-14-25)23(27)12-7-19-5-10-21(28-2)11-6-19/h3-6,8-11,22H,7,12-16H2,1-2H3. The molecule has 5 heteroatoms. The van der Waals surface area contributed by atoms with Gasteiger partial charge < -0.3 is 9.64 Å². The lowest BCUT2D eigenvalue weighted by molar-refractivity contribution is -0.133. The molecule has 28 heavy (non-hydrogen) atoms. The van der Waals surface area contributed by atoms with E-state index in [9.17, 15) is 10.1 Å². The topological polar surface area (TPSA) is 56.6 Å². The maximum Gasteiger partial charge on any atom is 0.222 e. The number of methoxy groups -OCH3 is 1. The van der Waals surface area contributed by atoms with Gasteiger partial charge in [-0.15, -0.1) is 0 Å². The van der Waals surface area contributed by atoms with Crippen molar-refractivity contribution in [3.05, 3.63) is 65.2 Å². The zero-order valence-electron chi connectivity index (χ0n) is 16.6. The lowest BCUT2D eigenvalue weighted by Crippen LogP contribution is -2.49. The van der Waals surface area contributed by atoms with Gasteiger partial charge >= 0.3 is 0 Å². The Bertz CT molecular complexity index is 816. The molecule has 2 aromatic carbocycles. The van der Waals surface area contributed by atoms with Crippen LogP contribution in [0.5, 0.6) is 5.75 Å². The number of nitriles is 1. The van der Waals surface area contributed by atoms with Gasteiger partial charge in [0.1, 0.15) is 11.8 Å². The summed E-state index contributed by atoms with van der Waals surface area (Å²) in [6, 6.07) is 18.1. The van der Waals surface area contributed by atoms with Crippen LogP contribution in [0.15, 0.2) is 48.5 Å². The summed E-state index contributed by atoms with van der Waals surface area (Å²) < 4.78 is 5.16. The first-order valence-corrected chi connectivity index (χ1v) is 9.71. The van der Waals surface area contributed by atoms with Crippen molar-refractivity contribution in [1.29, 1.82) is 5.26 Å². The van der Waals surface area contributed by atoms with Crippen molar-refractivity contribution in [1.82, 2.24) is 9.80 Å². The largest absolute Gasteiger partial charge is 0.497 e. The van der Waals surface area contributed by atoms with E-state index in [-0.39, 0.29) is 11.9 Å². The molecule has 146 valence electrons. The van der Waals surface area contributed by atoms with Crippen LogP contribution in [-0.4, -0.2) is 49.0 Å². The van der Waals surface area contributed by atoms with E-state index >= 15 is 0 Å². The van der Waals surface area contributed by atoms with Gasteiger partial charge in [-0.05, 0) is 36.6 Å². The summed E-state index contributed by atoms with van der Waals surface area (Å²) in [5, 5.41) is 9.64. The molecular weight excluding hydrogens is 350 g/mol. The van der Waals surface area contributed by atoms with Crippen LogP contribution in [0.25, 0.3) is 0 Å². The quantitative estimate of drug-likeness (QED) is 0.775. The van der Waals surface area contributed by atoms with Gasteiger partial charge in [0.2, 0.25) is 5.91 Å². The van der Waals surface area contributed by atoms with Gasteiger partial charge in [-0.2, -0.15) is 5.26 Å². The van der Waals surface area contributed by atoms with Crippen molar-refractivity contribution in [2.24, 2.45) is 0 Å². The number of ether oxygens (including phenoxy) is 1. The third-order valence-corrected chi connectivity index (χ3v) is 5.33. The van der Waals surface area contributed by atoms with Crippen LogP contribution < -0.4 is 4.74 Å². The molecule has 1 unspecified atom stereocenters. The zero-order chi connectivity index (χ0) is 19.9. The zero-order valence-corrected chi connectivity index (χ0v) is 16.6. The predicted octanol–water partition coefficient (Wildman–Crippen LogP) is 3.35. The van der Waals surface area contributed by atoms with Gasteiger partial charge in [-0.3, -0.25) is 9.69 Å². The molecule has 1 aliphatic rings.